The molecule has 0 N–H and O–H groups in total. The highest BCUT2D eigenvalue weighted by molar-refractivity contribution is 7.88. The molecule has 1 aromatic carbocycles. The van der Waals surface area contributed by atoms with Crippen molar-refractivity contribution in [1.29, 1.82) is 0 Å². The predicted molar refractivity (Wildman–Crippen MR) is 71.9 cm³/mol. The van der Waals surface area contributed by atoms with Crippen LogP contribution < -0.4 is 14.0 Å². The quantitative estimate of drug-likeness (QED) is 0.437. The van der Waals surface area contributed by atoms with Crippen molar-refractivity contribution in [2.75, 3.05) is 6.61 Å². The number of hydrogen-bond donors (Lipinski definition) is 0. The second-order valence-electron chi connectivity index (χ2n) is 4.24. The molecule has 6 nitrogen and oxygen atoms in total. The van der Waals surface area contributed by atoms with Crippen LogP contribution in [0.25, 0.3) is 6.08 Å². The van der Waals surface area contributed by atoms with Crippen LogP contribution in [0.5, 0.6) is 11.5 Å². The first-order valence-electron chi connectivity index (χ1n) is 6.15. The van der Waals surface area contributed by atoms with E-state index in [1.54, 1.807) is 0 Å². The number of carbonyl (C=O) groups excluding carboxylic acids is 1. The smallest absolute Gasteiger partial charge is 0.534 e. The van der Waals surface area contributed by atoms with Crippen molar-refractivity contribution in [3.05, 3.63) is 29.3 Å². The molecule has 23 heavy (non-hydrogen) atoms. The molecule has 0 aliphatic rings. The molecule has 0 saturated heterocycles. The van der Waals surface area contributed by atoms with E-state index in [0.717, 1.165) is 12.1 Å². The summed E-state index contributed by atoms with van der Waals surface area (Å²) in [6, 6.07) is 3.26. The number of carbonyl (C=O) groups is 1. The Bertz CT molecular complexity index is 722. The zero-order chi connectivity index (χ0) is 17.8. The van der Waals surface area contributed by atoms with Crippen LogP contribution >= 0.6 is 0 Å². The molecule has 0 aliphatic heterocycles. The Morgan fingerprint density at radius 3 is 2.39 bits per heavy atom. The normalized spacial score (nSPS) is 12.8. The minimum atomic E-state index is -5.84. The fourth-order valence-corrected chi connectivity index (χ4v) is 1.89. The molecule has 10 heteroatoms. The highest BCUT2D eigenvalue weighted by Crippen LogP contribution is 2.34. The van der Waals surface area contributed by atoms with Gasteiger partial charge in [0.25, 0.3) is 0 Å². The van der Waals surface area contributed by atoms with E-state index in [4.69, 9.17) is 4.74 Å². The second kappa shape index (κ2) is 6.90. The number of carboxylic acid groups (broad SMARTS) is 1. The van der Waals surface area contributed by atoms with Gasteiger partial charge in [0, 0.05) is 0 Å². The maximum absolute atomic E-state index is 12.3. The predicted octanol–water partition coefficient (Wildman–Crippen LogP) is 1.47. The molecule has 0 atom stereocenters. The van der Waals surface area contributed by atoms with Gasteiger partial charge in [0.1, 0.15) is 0 Å². The number of benzene rings is 1. The van der Waals surface area contributed by atoms with E-state index in [2.05, 4.69) is 4.18 Å². The van der Waals surface area contributed by atoms with Gasteiger partial charge in [0.2, 0.25) is 0 Å². The summed E-state index contributed by atoms with van der Waals surface area (Å²) in [7, 11) is -5.84. The number of hydrogen-bond acceptors (Lipinski definition) is 6. The lowest BCUT2D eigenvalue weighted by Gasteiger charge is -2.14. The Kier molecular flexibility index (Phi) is 5.65. The molecule has 1 aromatic rings. The minimum Gasteiger partial charge on any atom is -0.545 e. The fraction of sp³-hybridized carbons (Fsp3) is 0.308. The first kappa shape index (κ1) is 18.8. The average molecular weight is 353 g/mol. The molecule has 0 bridgehead atoms. The van der Waals surface area contributed by atoms with E-state index in [0.29, 0.717) is 0 Å². The Balaban J connectivity index is 3.25. The van der Waals surface area contributed by atoms with Gasteiger partial charge in [-0.25, -0.2) is 0 Å². The molecule has 0 aromatic heterocycles. The van der Waals surface area contributed by atoms with Gasteiger partial charge < -0.3 is 18.8 Å². The topological polar surface area (TPSA) is 92.7 Å². The lowest BCUT2D eigenvalue weighted by Crippen LogP contribution is -2.28. The van der Waals surface area contributed by atoms with Crippen molar-refractivity contribution < 1.29 is 40.4 Å². The third-order valence-electron chi connectivity index (χ3n) is 2.46. The lowest BCUT2D eigenvalue weighted by atomic mass is 10.1. The molecule has 0 fully saturated rings. The number of alkyl halides is 3. The summed E-state index contributed by atoms with van der Waals surface area (Å²) in [4.78, 5) is 10.6. The fourth-order valence-electron chi connectivity index (χ4n) is 1.43. The van der Waals surface area contributed by atoms with E-state index in [9.17, 15) is 31.5 Å². The molecule has 0 heterocycles. The highest BCUT2D eigenvalue weighted by Gasteiger charge is 2.48. The lowest BCUT2D eigenvalue weighted by molar-refractivity contribution is -0.299. The maximum atomic E-state index is 12.3. The number of rotatable bonds is 6. The first-order valence-corrected chi connectivity index (χ1v) is 7.56. The summed E-state index contributed by atoms with van der Waals surface area (Å²) in [6.07, 6.45) is 1.18. The monoisotopic (exact) mass is 353 g/mol. The first-order chi connectivity index (χ1) is 10.5. The van der Waals surface area contributed by atoms with Crippen molar-refractivity contribution >= 4 is 22.2 Å². The number of ether oxygens (including phenoxy) is 1. The van der Waals surface area contributed by atoms with Gasteiger partial charge in [-0.3, -0.25) is 0 Å². The maximum Gasteiger partial charge on any atom is 0.534 e. The van der Waals surface area contributed by atoms with E-state index in [1.165, 1.54) is 26.0 Å². The number of carboxylic acids is 1. The third-order valence-corrected chi connectivity index (χ3v) is 3.42. The molecular weight excluding hydrogens is 341 g/mol. The van der Waals surface area contributed by atoms with Crippen LogP contribution in [0.1, 0.15) is 19.4 Å². The zero-order valence-corrected chi connectivity index (χ0v) is 12.8. The van der Waals surface area contributed by atoms with Crippen LogP contribution in [-0.4, -0.2) is 26.5 Å². The van der Waals surface area contributed by atoms with E-state index in [-0.39, 0.29) is 23.5 Å². The summed E-state index contributed by atoms with van der Waals surface area (Å²) in [5.74, 6) is -2.37. The van der Waals surface area contributed by atoms with E-state index in [1.807, 2.05) is 0 Å². The van der Waals surface area contributed by atoms with Crippen molar-refractivity contribution in [3.8, 4) is 11.5 Å². The summed E-state index contributed by atoms with van der Waals surface area (Å²) in [5.41, 5.74) is -5.46. The molecule has 0 radical (unpaired) electrons. The van der Waals surface area contributed by atoms with Crippen molar-refractivity contribution in [1.82, 2.24) is 0 Å². The van der Waals surface area contributed by atoms with E-state index >= 15 is 0 Å². The van der Waals surface area contributed by atoms with Crippen LogP contribution in [0.4, 0.5) is 13.2 Å². The van der Waals surface area contributed by atoms with Gasteiger partial charge in [-0.1, -0.05) is 12.1 Å². The van der Waals surface area contributed by atoms with Gasteiger partial charge in [-0.15, -0.1) is 0 Å². The van der Waals surface area contributed by atoms with Crippen molar-refractivity contribution in [2.45, 2.75) is 19.4 Å². The second-order valence-corrected chi connectivity index (χ2v) is 5.78. The molecular formula is C13H12F3O6S-. The molecule has 1 rings (SSSR count). The molecule has 0 amide bonds. The largest absolute Gasteiger partial charge is 0.545 e. The molecule has 128 valence electrons. The van der Waals surface area contributed by atoms with Gasteiger partial charge in [0.05, 0.1) is 12.6 Å². The van der Waals surface area contributed by atoms with Crippen LogP contribution in [0.2, 0.25) is 0 Å². The molecule has 0 saturated carbocycles. The Labute approximate surface area is 130 Å². The summed E-state index contributed by atoms with van der Waals surface area (Å²) >= 11 is 0. The van der Waals surface area contributed by atoms with Crippen LogP contribution in [0.3, 0.4) is 0 Å². The molecule has 0 aliphatic carbocycles. The standard InChI is InChI=1S/C13H13F3O6S/c1-3-21-11-7-9(6-8(2)12(17)18)4-5-10(11)22-23(19,20)13(14,15)16/h4-7H,3H2,1-2H3,(H,17,18)/p-1. The number of halogens is 3. The van der Waals surface area contributed by atoms with Crippen molar-refractivity contribution in [2.24, 2.45) is 0 Å². The minimum absolute atomic E-state index is 0.0229. The van der Waals surface area contributed by atoms with Gasteiger partial charge in [0.15, 0.2) is 11.5 Å². The van der Waals surface area contributed by atoms with Gasteiger partial charge in [-0.05, 0) is 37.1 Å². The Morgan fingerprint density at radius 2 is 1.91 bits per heavy atom. The summed E-state index contributed by atoms with van der Waals surface area (Å²) in [6.45, 7) is 2.81. The third kappa shape index (κ3) is 4.88. The van der Waals surface area contributed by atoms with Crippen LogP contribution in [0, 0.1) is 0 Å². The Morgan fingerprint density at radius 1 is 1.30 bits per heavy atom. The molecule has 0 spiro atoms. The Hall–Kier alpha value is -2.23. The SMILES string of the molecule is CCOc1cc(C=C(C)C(=O)[O-])ccc1OS(=O)(=O)C(F)(F)F. The average Bonchev–Trinajstić information content (AvgIpc) is 2.40. The van der Waals surface area contributed by atoms with Gasteiger partial charge >= 0.3 is 15.6 Å². The van der Waals surface area contributed by atoms with E-state index < -0.39 is 27.3 Å². The summed E-state index contributed by atoms with van der Waals surface area (Å²) < 4.78 is 68.1. The van der Waals surface area contributed by atoms with Crippen LogP contribution in [0.15, 0.2) is 23.8 Å². The highest BCUT2D eigenvalue weighted by atomic mass is 32.2. The van der Waals surface area contributed by atoms with Crippen molar-refractivity contribution in [3.63, 3.8) is 0 Å². The van der Waals surface area contributed by atoms with Gasteiger partial charge in [-0.2, -0.15) is 21.6 Å². The summed E-state index contributed by atoms with van der Waals surface area (Å²) in [5, 5.41) is 10.6. The molecule has 0 unspecified atom stereocenters. The number of aliphatic carboxylic acids is 1. The van der Waals surface area contributed by atoms with Crippen LogP contribution in [-0.2, 0) is 14.9 Å². The zero-order valence-electron chi connectivity index (χ0n) is 12.0.